The Hall–Kier alpha value is -2.15. The van der Waals surface area contributed by atoms with Gasteiger partial charge in [0.1, 0.15) is 0 Å². The Morgan fingerprint density at radius 3 is 3.16 bits per heavy atom. The Bertz CT molecular complexity index is 618. The maximum Gasteiger partial charge on any atom is 0.248 e. The van der Waals surface area contributed by atoms with Crippen LogP contribution in [0.25, 0.3) is 11.4 Å². The quantitative estimate of drug-likeness (QED) is 0.705. The second-order valence-corrected chi connectivity index (χ2v) is 4.73. The molecule has 0 aliphatic carbocycles. The van der Waals surface area contributed by atoms with Crippen LogP contribution in [-0.2, 0) is 0 Å². The molecule has 0 unspecified atom stereocenters. The van der Waals surface area contributed by atoms with Crippen LogP contribution in [0.1, 0.15) is 6.92 Å². The van der Waals surface area contributed by atoms with E-state index in [1.807, 2.05) is 0 Å². The number of aromatic amines is 2. The molecule has 1 saturated heterocycles. The largest absolute Gasteiger partial charge is 0.337 e. The molecule has 2 aromatic rings. The summed E-state index contributed by atoms with van der Waals surface area (Å²) in [7, 11) is 0. The summed E-state index contributed by atoms with van der Waals surface area (Å²) < 4.78 is 0. The Labute approximate surface area is 110 Å². The first-order chi connectivity index (χ1) is 9.22. The lowest BCUT2D eigenvalue weighted by molar-refractivity contribution is 0.480. The fourth-order valence-corrected chi connectivity index (χ4v) is 2.23. The molecule has 7 heteroatoms. The lowest BCUT2D eigenvalue weighted by Gasteiger charge is -2.30. The van der Waals surface area contributed by atoms with Gasteiger partial charge in [0.05, 0.1) is 0 Å². The monoisotopic (exact) mass is 260 g/mol. The van der Waals surface area contributed by atoms with E-state index in [0.29, 0.717) is 17.8 Å². The second kappa shape index (κ2) is 4.85. The summed E-state index contributed by atoms with van der Waals surface area (Å²) in [5.74, 6) is 1.30. The molecule has 19 heavy (non-hydrogen) atoms. The fraction of sp³-hybridized carbons (Fsp3) is 0.417. The molecule has 7 nitrogen and oxygen atoms in total. The minimum absolute atomic E-state index is 0.147. The number of anilines is 1. The first-order valence-corrected chi connectivity index (χ1v) is 6.32. The molecule has 3 N–H and O–H groups in total. The molecule has 0 aromatic carbocycles. The van der Waals surface area contributed by atoms with Crippen LogP contribution in [0.3, 0.4) is 0 Å². The third-order valence-corrected chi connectivity index (χ3v) is 3.17. The number of piperazine rings is 1. The molecule has 0 bridgehead atoms. The summed E-state index contributed by atoms with van der Waals surface area (Å²) in [5.41, 5.74) is 0.594. The molecule has 1 aliphatic heterocycles. The highest BCUT2D eigenvalue weighted by atomic mass is 16.1. The van der Waals surface area contributed by atoms with Gasteiger partial charge < -0.3 is 15.2 Å². The number of nitrogens with zero attached hydrogens (tertiary/aromatic N) is 3. The third kappa shape index (κ3) is 2.50. The molecular weight excluding hydrogens is 244 g/mol. The van der Waals surface area contributed by atoms with Gasteiger partial charge in [-0.1, -0.05) is 0 Å². The highest BCUT2D eigenvalue weighted by molar-refractivity contribution is 5.55. The maximum atomic E-state index is 11.3. The molecule has 100 valence electrons. The van der Waals surface area contributed by atoms with E-state index >= 15 is 0 Å². The molecule has 0 spiro atoms. The average Bonchev–Trinajstić information content (AvgIpc) is 2.88. The zero-order chi connectivity index (χ0) is 13.2. The summed E-state index contributed by atoms with van der Waals surface area (Å²) in [5, 5.41) is 10.5. The van der Waals surface area contributed by atoms with Crippen molar-refractivity contribution >= 4 is 5.95 Å². The molecule has 1 atom stereocenters. The summed E-state index contributed by atoms with van der Waals surface area (Å²) in [6, 6.07) is 3.73. The van der Waals surface area contributed by atoms with Crippen LogP contribution in [0.15, 0.2) is 23.1 Å². The van der Waals surface area contributed by atoms with Gasteiger partial charge in [-0.15, -0.1) is 5.10 Å². The smallest absolute Gasteiger partial charge is 0.248 e. The van der Waals surface area contributed by atoms with E-state index in [0.717, 1.165) is 25.2 Å². The predicted molar refractivity (Wildman–Crippen MR) is 72.1 cm³/mol. The van der Waals surface area contributed by atoms with Gasteiger partial charge in [-0.05, 0) is 13.0 Å². The Morgan fingerprint density at radius 2 is 2.37 bits per heavy atom. The van der Waals surface area contributed by atoms with Gasteiger partial charge in [-0.3, -0.25) is 9.89 Å². The van der Waals surface area contributed by atoms with Gasteiger partial charge >= 0.3 is 0 Å². The summed E-state index contributed by atoms with van der Waals surface area (Å²) in [4.78, 5) is 20.5. The number of hydrogen-bond acceptors (Lipinski definition) is 5. The summed E-state index contributed by atoms with van der Waals surface area (Å²) in [6.07, 6.45) is 1.60. The maximum absolute atomic E-state index is 11.3. The zero-order valence-corrected chi connectivity index (χ0v) is 10.7. The van der Waals surface area contributed by atoms with Crippen molar-refractivity contribution in [3.8, 4) is 11.4 Å². The van der Waals surface area contributed by atoms with Crippen LogP contribution < -0.4 is 15.8 Å². The molecule has 1 fully saturated rings. The van der Waals surface area contributed by atoms with Gasteiger partial charge in [0.2, 0.25) is 11.5 Å². The van der Waals surface area contributed by atoms with Crippen molar-refractivity contribution in [1.82, 2.24) is 25.5 Å². The molecule has 2 aromatic heterocycles. The number of H-pyrrole nitrogens is 2. The van der Waals surface area contributed by atoms with Gasteiger partial charge in [0.15, 0.2) is 5.82 Å². The molecule has 3 heterocycles. The topological polar surface area (TPSA) is 89.7 Å². The minimum Gasteiger partial charge on any atom is -0.337 e. The molecule has 0 radical (unpaired) electrons. The molecule has 3 rings (SSSR count). The van der Waals surface area contributed by atoms with E-state index in [4.69, 9.17) is 0 Å². The van der Waals surface area contributed by atoms with Crippen molar-refractivity contribution in [2.75, 3.05) is 24.5 Å². The van der Waals surface area contributed by atoms with Gasteiger partial charge in [-0.2, -0.15) is 4.98 Å². The van der Waals surface area contributed by atoms with Crippen LogP contribution in [0.2, 0.25) is 0 Å². The van der Waals surface area contributed by atoms with Crippen LogP contribution in [0, 0.1) is 0 Å². The van der Waals surface area contributed by atoms with E-state index in [-0.39, 0.29) is 5.56 Å². The Kier molecular flexibility index (Phi) is 3.04. The summed E-state index contributed by atoms with van der Waals surface area (Å²) in [6.45, 7) is 4.83. The van der Waals surface area contributed by atoms with Gasteiger partial charge in [0, 0.05) is 43.5 Å². The standard InChI is InChI=1S/C12H16N6O/c1-8-7-18(5-4-13-8)12-15-11(16-17-12)9-2-3-14-10(19)6-9/h2-3,6,8,13H,4-5,7H2,1H3,(H,14,19)(H,15,16,17)/t8-/m0/s1. The Balaban J connectivity index is 1.85. The first kappa shape index (κ1) is 11.9. The fourth-order valence-electron chi connectivity index (χ4n) is 2.23. The van der Waals surface area contributed by atoms with Gasteiger partial charge in [-0.25, -0.2) is 0 Å². The number of rotatable bonds is 2. The van der Waals surface area contributed by atoms with Crippen molar-refractivity contribution in [2.24, 2.45) is 0 Å². The third-order valence-electron chi connectivity index (χ3n) is 3.17. The minimum atomic E-state index is -0.147. The van der Waals surface area contributed by atoms with Crippen LogP contribution in [0.4, 0.5) is 5.95 Å². The highest BCUT2D eigenvalue weighted by Crippen LogP contribution is 2.16. The average molecular weight is 260 g/mol. The second-order valence-electron chi connectivity index (χ2n) is 4.73. The van der Waals surface area contributed by atoms with E-state index in [1.165, 1.54) is 6.07 Å². The highest BCUT2D eigenvalue weighted by Gasteiger charge is 2.19. The van der Waals surface area contributed by atoms with Crippen molar-refractivity contribution in [3.05, 3.63) is 28.7 Å². The normalized spacial score (nSPS) is 19.6. The molecule has 0 amide bonds. The van der Waals surface area contributed by atoms with E-state index in [9.17, 15) is 4.79 Å². The lowest BCUT2D eigenvalue weighted by Crippen LogP contribution is -2.49. The number of aromatic nitrogens is 4. The van der Waals surface area contributed by atoms with Crippen molar-refractivity contribution in [3.63, 3.8) is 0 Å². The van der Waals surface area contributed by atoms with Crippen molar-refractivity contribution < 1.29 is 0 Å². The SMILES string of the molecule is C[C@H]1CN(c2n[nH]c(-c3cc[nH]c(=O)c3)n2)CCN1. The number of pyridine rings is 1. The van der Waals surface area contributed by atoms with Crippen molar-refractivity contribution in [2.45, 2.75) is 13.0 Å². The summed E-state index contributed by atoms with van der Waals surface area (Å²) >= 11 is 0. The van der Waals surface area contributed by atoms with Crippen LogP contribution >= 0.6 is 0 Å². The number of hydrogen-bond donors (Lipinski definition) is 3. The molecular formula is C12H16N6O. The lowest BCUT2D eigenvalue weighted by atomic mass is 10.2. The van der Waals surface area contributed by atoms with E-state index < -0.39 is 0 Å². The molecule has 1 aliphatic rings. The predicted octanol–water partition coefficient (Wildman–Crippen LogP) is -0.0419. The first-order valence-electron chi connectivity index (χ1n) is 6.32. The zero-order valence-electron chi connectivity index (χ0n) is 10.7. The number of nitrogens with one attached hydrogen (secondary N) is 3. The van der Waals surface area contributed by atoms with E-state index in [1.54, 1.807) is 12.3 Å². The van der Waals surface area contributed by atoms with Gasteiger partial charge in [0.25, 0.3) is 0 Å². The van der Waals surface area contributed by atoms with E-state index in [2.05, 4.69) is 37.3 Å². The Morgan fingerprint density at radius 1 is 1.47 bits per heavy atom. The van der Waals surface area contributed by atoms with Crippen molar-refractivity contribution in [1.29, 1.82) is 0 Å². The van der Waals surface area contributed by atoms with Crippen LogP contribution in [0.5, 0.6) is 0 Å². The molecule has 0 saturated carbocycles. The van der Waals surface area contributed by atoms with Crippen LogP contribution in [-0.4, -0.2) is 45.8 Å².